The molecule has 1 amide bonds. The SMILES string of the molecule is Cc1cccc(C(=O)Nc2ccc3c(c2)C[C@H](NS(C)(=O)=O)C3)c1-c1ccc(C(F)(F)F)cc1. The summed E-state index contributed by atoms with van der Waals surface area (Å²) in [5.41, 5.74) is 3.95. The number of amides is 1. The van der Waals surface area contributed by atoms with E-state index in [0.717, 1.165) is 35.1 Å². The van der Waals surface area contributed by atoms with Crippen LogP contribution in [-0.2, 0) is 29.0 Å². The van der Waals surface area contributed by atoms with Crippen LogP contribution >= 0.6 is 0 Å². The van der Waals surface area contributed by atoms with Gasteiger partial charge in [0.2, 0.25) is 10.0 Å². The first-order valence-electron chi connectivity index (χ1n) is 10.6. The van der Waals surface area contributed by atoms with E-state index < -0.39 is 21.8 Å². The molecule has 0 fully saturated rings. The van der Waals surface area contributed by atoms with Gasteiger partial charge in [-0.05, 0) is 77.9 Å². The molecule has 0 radical (unpaired) electrons. The van der Waals surface area contributed by atoms with Crippen LogP contribution in [0.4, 0.5) is 18.9 Å². The van der Waals surface area contributed by atoms with Crippen molar-refractivity contribution >= 4 is 21.6 Å². The number of hydrogen-bond acceptors (Lipinski definition) is 3. The van der Waals surface area contributed by atoms with Gasteiger partial charge in [-0.3, -0.25) is 4.79 Å². The lowest BCUT2D eigenvalue weighted by Gasteiger charge is -2.15. The molecule has 4 rings (SSSR count). The normalized spacial score (nSPS) is 15.7. The van der Waals surface area contributed by atoms with Crippen molar-refractivity contribution in [3.63, 3.8) is 0 Å². The van der Waals surface area contributed by atoms with Crippen LogP contribution in [-0.4, -0.2) is 26.6 Å². The molecule has 3 aromatic rings. The number of aryl methyl sites for hydroxylation is 1. The van der Waals surface area contributed by atoms with E-state index in [0.29, 0.717) is 35.2 Å². The van der Waals surface area contributed by atoms with Crippen molar-refractivity contribution in [2.24, 2.45) is 0 Å². The maximum atomic E-state index is 13.2. The van der Waals surface area contributed by atoms with Crippen LogP contribution in [0.15, 0.2) is 60.7 Å². The summed E-state index contributed by atoms with van der Waals surface area (Å²) in [5.74, 6) is -0.387. The molecule has 34 heavy (non-hydrogen) atoms. The van der Waals surface area contributed by atoms with E-state index in [1.54, 1.807) is 31.2 Å². The lowest BCUT2D eigenvalue weighted by atomic mass is 9.93. The van der Waals surface area contributed by atoms with E-state index in [2.05, 4.69) is 10.0 Å². The van der Waals surface area contributed by atoms with Crippen molar-refractivity contribution in [2.45, 2.75) is 32.0 Å². The van der Waals surface area contributed by atoms with Crippen molar-refractivity contribution in [1.82, 2.24) is 4.72 Å². The fourth-order valence-electron chi connectivity index (χ4n) is 4.35. The Morgan fingerprint density at radius 1 is 0.971 bits per heavy atom. The van der Waals surface area contributed by atoms with Gasteiger partial charge in [0.15, 0.2) is 0 Å². The molecule has 0 heterocycles. The lowest BCUT2D eigenvalue weighted by molar-refractivity contribution is -0.137. The Hall–Kier alpha value is -3.17. The Morgan fingerprint density at radius 3 is 2.29 bits per heavy atom. The molecule has 0 aromatic heterocycles. The third kappa shape index (κ3) is 5.31. The van der Waals surface area contributed by atoms with Crippen molar-refractivity contribution in [2.75, 3.05) is 11.6 Å². The second-order valence-electron chi connectivity index (χ2n) is 8.51. The minimum absolute atomic E-state index is 0.223. The first kappa shape index (κ1) is 24.0. The minimum atomic E-state index is -4.44. The number of sulfonamides is 1. The molecule has 3 aromatic carbocycles. The molecule has 0 aliphatic heterocycles. The van der Waals surface area contributed by atoms with Crippen LogP contribution < -0.4 is 10.0 Å². The van der Waals surface area contributed by atoms with Gasteiger partial charge in [-0.15, -0.1) is 0 Å². The van der Waals surface area contributed by atoms with Crippen molar-refractivity contribution in [3.8, 4) is 11.1 Å². The van der Waals surface area contributed by atoms with Crippen LogP contribution in [0, 0.1) is 6.92 Å². The number of fused-ring (bicyclic) bond motifs is 1. The highest BCUT2D eigenvalue weighted by atomic mass is 32.2. The van der Waals surface area contributed by atoms with Gasteiger partial charge < -0.3 is 5.32 Å². The van der Waals surface area contributed by atoms with Crippen molar-refractivity contribution in [3.05, 3.63) is 88.5 Å². The minimum Gasteiger partial charge on any atom is -0.322 e. The summed E-state index contributed by atoms with van der Waals surface area (Å²) in [7, 11) is -3.32. The summed E-state index contributed by atoms with van der Waals surface area (Å²) in [6.07, 6.45) is -2.22. The van der Waals surface area contributed by atoms with Gasteiger partial charge in [-0.1, -0.05) is 30.3 Å². The Balaban J connectivity index is 1.58. The van der Waals surface area contributed by atoms with Crippen LogP contribution in [0.5, 0.6) is 0 Å². The average Bonchev–Trinajstić information content (AvgIpc) is 3.12. The molecule has 1 aliphatic rings. The summed E-state index contributed by atoms with van der Waals surface area (Å²) >= 11 is 0. The van der Waals surface area contributed by atoms with Gasteiger partial charge >= 0.3 is 6.18 Å². The molecule has 0 bridgehead atoms. The van der Waals surface area contributed by atoms with Crippen LogP contribution in [0.25, 0.3) is 11.1 Å². The van der Waals surface area contributed by atoms with Gasteiger partial charge in [0.25, 0.3) is 5.91 Å². The van der Waals surface area contributed by atoms with Crippen LogP contribution in [0.3, 0.4) is 0 Å². The van der Waals surface area contributed by atoms with Gasteiger partial charge in [-0.25, -0.2) is 13.1 Å². The summed E-state index contributed by atoms with van der Waals surface area (Å²) in [6.45, 7) is 1.80. The van der Waals surface area contributed by atoms with Crippen molar-refractivity contribution in [1.29, 1.82) is 0 Å². The maximum Gasteiger partial charge on any atom is 0.416 e. The summed E-state index contributed by atoms with van der Waals surface area (Å²) in [5, 5.41) is 2.87. The number of benzene rings is 3. The van der Waals surface area contributed by atoms with Gasteiger partial charge in [0.05, 0.1) is 11.8 Å². The largest absolute Gasteiger partial charge is 0.416 e. The molecule has 1 aliphatic carbocycles. The quantitative estimate of drug-likeness (QED) is 0.534. The fourth-order valence-corrected chi connectivity index (χ4v) is 5.12. The molecule has 1 atom stereocenters. The lowest BCUT2D eigenvalue weighted by Crippen LogP contribution is -2.34. The number of hydrogen-bond donors (Lipinski definition) is 2. The molecule has 9 heteroatoms. The molecule has 5 nitrogen and oxygen atoms in total. The summed E-state index contributed by atoms with van der Waals surface area (Å²) in [6, 6.07) is 15.1. The number of carbonyl (C=O) groups excluding carboxylic acids is 1. The van der Waals surface area contributed by atoms with Crippen LogP contribution in [0.1, 0.15) is 32.6 Å². The number of nitrogens with one attached hydrogen (secondary N) is 2. The van der Waals surface area contributed by atoms with Gasteiger partial charge in [-0.2, -0.15) is 13.2 Å². The zero-order valence-corrected chi connectivity index (χ0v) is 19.3. The highest BCUT2D eigenvalue weighted by Crippen LogP contribution is 2.33. The van der Waals surface area contributed by atoms with Crippen molar-refractivity contribution < 1.29 is 26.4 Å². The topological polar surface area (TPSA) is 75.3 Å². The third-order valence-electron chi connectivity index (χ3n) is 5.80. The molecular weight excluding hydrogens is 465 g/mol. The smallest absolute Gasteiger partial charge is 0.322 e. The number of alkyl halides is 3. The molecular formula is C25H23F3N2O3S. The van der Waals surface area contributed by atoms with E-state index in [1.807, 2.05) is 12.1 Å². The standard InChI is InChI=1S/C25H23F3N2O3S/c1-15-4-3-5-22(23(15)16-6-9-19(10-7-16)25(26,27)28)24(31)29-20-11-8-17-12-21(14-18(17)13-20)30-34(2,32)33/h3-11,13,21,30H,12,14H2,1-2H3,(H,29,31)/t21-/m1/s1. The zero-order valence-electron chi connectivity index (χ0n) is 18.5. The summed E-state index contributed by atoms with van der Waals surface area (Å²) in [4.78, 5) is 13.2. The molecule has 0 saturated carbocycles. The first-order chi connectivity index (χ1) is 15.9. The van der Waals surface area contributed by atoms with E-state index in [9.17, 15) is 26.4 Å². The molecule has 0 spiro atoms. The predicted molar refractivity (Wildman–Crippen MR) is 125 cm³/mol. The highest BCUT2D eigenvalue weighted by molar-refractivity contribution is 7.88. The van der Waals surface area contributed by atoms with Gasteiger partial charge in [0.1, 0.15) is 0 Å². The predicted octanol–water partition coefficient (Wildman–Crippen LogP) is 4.95. The monoisotopic (exact) mass is 488 g/mol. The van der Waals surface area contributed by atoms with E-state index >= 15 is 0 Å². The Morgan fingerprint density at radius 2 is 1.65 bits per heavy atom. The second kappa shape index (κ2) is 8.88. The number of carbonyl (C=O) groups is 1. The first-order valence-corrected chi connectivity index (χ1v) is 12.5. The maximum absolute atomic E-state index is 13.2. The fraction of sp³-hybridized carbons (Fsp3) is 0.240. The van der Waals surface area contributed by atoms with E-state index in [-0.39, 0.29) is 11.9 Å². The molecule has 0 saturated heterocycles. The van der Waals surface area contributed by atoms with E-state index in [4.69, 9.17) is 0 Å². The Kier molecular flexibility index (Phi) is 6.26. The third-order valence-corrected chi connectivity index (χ3v) is 6.56. The molecule has 2 N–H and O–H groups in total. The number of halogens is 3. The number of anilines is 1. The number of rotatable bonds is 5. The van der Waals surface area contributed by atoms with E-state index in [1.165, 1.54) is 12.1 Å². The Labute approximate surface area is 196 Å². The summed E-state index contributed by atoms with van der Waals surface area (Å²) < 4.78 is 64.5. The zero-order chi connectivity index (χ0) is 24.7. The Bertz CT molecular complexity index is 1350. The average molecular weight is 489 g/mol. The second-order valence-corrected chi connectivity index (χ2v) is 10.3. The molecule has 0 unspecified atom stereocenters. The van der Waals surface area contributed by atoms with Crippen LogP contribution in [0.2, 0.25) is 0 Å². The molecule has 178 valence electrons. The highest BCUT2D eigenvalue weighted by Gasteiger charge is 2.30. The van der Waals surface area contributed by atoms with Gasteiger partial charge in [0, 0.05) is 17.3 Å².